The van der Waals surface area contributed by atoms with Crippen LogP contribution in [0.3, 0.4) is 0 Å². The first-order chi connectivity index (χ1) is 9.69. The lowest BCUT2D eigenvalue weighted by Gasteiger charge is -2.09. The minimum atomic E-state index is -4.42. The second kappa shape index (κ2) is 6.87. The average molecular weight is 305 g/mol. The van der Waals surface area contributed by atoms with Gasteiger partial charge in [-0.1, -0.05) is 6.07 Å². The van der Waals surface area contributed by atoms with E-state index in [0.717, 1.165) is 24.3 Å². The summed E-state index contributed by atoms with van der Waals surface area (Å²) in [5, 5.41) is 10.4. The first kappa shape index (κ1) is 16.7. The number of rotatable bonds is 5. The average Bonchev–Trinajstić information content (AvgIpc) is 2.36. The number of carboxylic acid groups (broad SMARTS) is 1. The molecule has 1 aromatic carbocycles. The molecule has 0 aromatic heterocycles. The third kappa shape index (κ3) is 6.07. The third-order valence-electron chi connectivity index (χ3n) is 2.35. The highest BCUT2D eigenvalue weighted by Crippen LogP contribution is 2.18. The van der Waals surface area contributed by atoms with E-state index in [-0.39, 0.29) is 5.56 Å². The van der Waals surface area contributed by atoms with Gasteiger partial charge in [-0.3, -0.25) is 4.79 Å². The number of hydrogen-bond acceptors (Lipinski definition) is 2. The summed E-state index contributed by atoms with van der Waals surface area (Å²) in [7, 11) is 0. The van der Waals surface area contributed by atoms with Gasteiger partial charge in [0.05, 0.1) is 12.0 Å². The van der Waals surface area contributed by atoms with Crippen LogP contribution < -0.4 is 5.32 Å². The van der Waals surface area contributed by atoms with Crippen LogP contribution in [0.15, 0.2) is 24.3 Å². The summed E-state index contributed by atoms with van der Waals surface area (Å²) < 4.78 is 49.3. The van der Waals surface area contributed by atoms with Crippen molar-refractivity contribution in [2.24, 2.45) is 0 Å². The maximum Gasteiger partial charge on any atom is 0.390 e. The number of carbonyl (C=O) groups is 2. The molecule has 0 aliphatic rings. The maximum absolute atomic E-state index is 13.5. The fourth-order valence-corrected chi connectivity index (χ4v) is 1.40. The predicted octanol–water partition coefficient (Wildman–Crippen LogP) is 2.61. The monoisotopic (exact) mass is 305 g/mol. The Labute approximate surface area is 117 Å². The van der Waals surface area contributed by atoms with Gasteiger partial charge in [0.25, 0.3) is 5.91 Å². The van der Waals surface area contributed by atoms with E-state index < -0.39 is 42.4 Å². The van der Waals surface area contributed by atoms with E-state index in [1.54, 1.807) is 0 Å². The van der Waals surface area contributed by atoms with Crippen molar-refractivity contribution in [1.29, 1.82) is 0 Å². The number of aliphatic carboxylic acids is 1. The zero-order valence-electron chi connectivity index (χ0n) is 10.6. The van der Waals surface area contributed by atoms with Crippen LogP contribution in [-0.2, 0) is 4.79 Å². The number of carboxylic acids is 1. The van der Waals surface area contributed by atoms with E-state index in [2.05, 4.69) is 0 Å². The fourth-order valence-electron chi connectivity index (χ4n) is 1.40. The first-order valence-corrected chi connectivity index (χ1v) is 5.74. The van der Waals surface area contributed by atoms with Crippen molar-refractivity contribution in [3.63, 3.8) is 0 Å². The molecular weight excluding hydrogens is 294 g/mol. The number of amides is 1. The van der Waals surface area contributed by atoms with E-state index in [1.165, 1.54) is 6.07 Å². The SMILES string of the molecule is O=C(O)C=Cc1ccc(F)c(C(=O)NCCC(F)(F)F)c1. The second-order valence-corrected chi connectivity index (χ2v) is 4.03. The van der Waals surface area contributed by atoms with Gasteiger partial charge in [-0.2, -0.15) is 13.2 Å². The zero-order chi connectivity index (χ0) is 16.0. The van der Waals surface area contributed by atoms with Crippen molar-refractivity contribution in [3.8, 4) is 0 Å². The molecule has 2 N–H and O–H groups in total. The molecule has 1 aromatic rings. The Balaban J connectivity index is 2.79. The summed E-state index contributed by atoms with van der Waals surface area (Å²) in [6, 6.07) is 3.22. The topological polar surface area (TPSA) is 66.4 Å². The molecule has 0 aliphatic heterocycles. The Morgan fingerprint density at radius 1 is 1.29 bits per heavy atom. The van der Waals surface area contributed by atoms with Gasteiger partial charge < -0.3 is 10.4 Å². The van der Waals surface area contributed by atoms with Crippen molar-refractivity contribution in [3.05, 3.63) is 41.2 Å². The fraction of sp³-hybridized carbons (Fsp3) is 0.231. The van der Waals surface area contributed by atoms with Gasteiger partial charge >= 0.3 is 12.1 Å². The molecule has 0 saturated heterocycles. The Kier molecular flexibility index (Phi) is 5.45. The molecule has 0 fully saturated rings. The van der Waals surface area contributed by atoms with Crippen LogP contribution in [0, 0.1) is 5.82 Å². The van der Waals surface area contributed by atoms with Crippen LogP contribution in [-0.4, -0.2) is 29.7 Å². The van der Waals surface area contributed by atoms with Crippen molar-refractivity contribution >= 4 is 18.0 Å². The lowest BCUT2D eigenvalue weighted by Crippen LogP contribution is -2.28. The van der Waals surface area contributed by atoms with Crippen LogP contribution in [0.4, 0.5) is 17.6 Å². The molecule has 1 rings (SSSR count). The normalized spacial score (nSPS) is 11.6. The Morgan fingerprint density at radius 3 is 2.52 bits per heavy atom. The van der Waals surface area contributed by atoms with Gasteiger partial charge in [0.2, 0.25) is 0 Å². The highest BCUT2D eigenvalue weighted by Gasteiger charge is 2.26. The number of nitrogens with one attached hydrogen (secondary N) is 1. The molecule has 114 valence electrons. The first-order valence-electron chi connectivity index (χ1n) is 5.74. The number of alkyl halides is 3. The van der Waals surface area contributed by atoms with Crippen LogP contribution in [0.25, 0.3) is 6.08 Å². The lowest BCUT2D eigenvalue weighted by atomic mass is 10.1. The highest BCUT2D eigenvalue weighted by molar-refractivity contribution is 5.95. The Hall–Kier alpha value is -2.38. The summed E-state index contributed by atoms with van der Waals surface area (Å²) in [6.45, 7) is -0.670. The molecule has 0 bridgehead atoms. The van der Waals surface area contributed by atoms with E-state index in [9.17, 15) is 27.2 Å². The molecular formula is C13H11F4NO3. The minimum absolute atomic E-state index is 0.236. The van der Waals surface area contributed by atoms with Crippen molar-refractivity contribution in [1.82, 2.24) is 5.32 Å². The standard InChI is InChI=1S/C13H11F4NO3/c14-10-3-1-8(2-4-11(19)20)7-9(10)12(21)18-6-5-13(15,16)17/h1-4,7H,5-6H2,(H,18,21)(H,19,20). The third-order valence-corrected chi connectivity index (χ3v) is 2.35. The van der Waals surface area contributed by atoms with Gasteiger partial charge in [0, 0.05) is 12.6 Å². The molecule has 1 amide bonds. The van der Waals surface area contributed by atoms with E-state index in [4.69, 9.17) is 5.11 Å². The summed E-state index contributed by atoms with van der Waals surface area (Å²) in [5.41, 5.74) is -0.218. The van der Waals surface area contributed by atoms with Crippen LogP contribution in [0.5, 0.6) is 0 Å². The van der Waals surface area contributed by atoms with Crippen molar-refractivity contribution in [2.45, 2.75) is 12.6 Å². The Morgan fingerprint density at radius 2 is 1.95 bits per heavy atom. The summed E-state index contributed by atoms with van der Waals surface area (Å²) in [6.07, 6.45) is -3.72. The number of halogens is 4. The number of benzene rings is 1. The molecule has 4 nitrogen and oxygen atoms in total. The molecule has 0 unspecified atom stereocenters. The molecule has 0 saturated carbocycles. The predicted molar refractivity (Wildman–Crippen MR) is 66.1 cm³/mol. The number of carbonyl (C=O) groups excluding carboxylic acids is 1. The zero-order valence-corrected chi connectivity index (χ0v) is 10.6. The molecule has 0 radical (unpaired) electrons. The Bertz CT molecular complexity index is 567. The smallest absolute Gasteiger partial charge is 0.390 e. The van der Waals surface area contributed by atoms with Gasteiger partial charge in [-0.25, -0.2) is 9.18 Å². The molecule has 0 aliphatic carbocycles. The minimum Gasteiger partial charge on any atom is -0.478 e. The molecule has 0 atom stereocenters. The second-order valence-electron chi connectivity index (χ2n) is 4.03. The van der Waals surface area contributed by atoms with E-state index >= 15 is 0 Å². The van der Waals surface area contributed by atoms with Gasteiger partial charge in [-0.15, -0.1) is 0 Å². The van der Waals surface area contributed by atoms with Crippen molar-refractivity contribution in [2.75, 3.05) is 6.54 Å². The largest absolute Gasteiger partial charge is 0.478 e. The van der Waals surface area contributed by atoms with Crippen LogP contribution in [0.2, 0.25) is 0 Å². The van der Waals surface area contributed by atoms with E-state index in [1.807, 2.05) is 5.32 Å². The molecule has 8 heteroatoms. The maximum atomic E-state index is 13.5. The number of hydrogen-bond donors (Lipinski definition) is 2. The van der Waals surface area contributed by atoms with E-state index in [0.29, 0.717) is 0 Å². The molecule has 21 heavy (non-hydrogen) atoms. The molecule has 0 heterocycles. The van der Waals surface area contributed by atoms with Crippen molar-refractivity contribution < 1.29 is 32.3 Å². The van der Waals surface area contributed by atoms with Gasteiger partial charge in [0.1, 0.15) is 5.82 Å². The quantitative estimate of drug-likeness (QED) is 0.649. The van der Waals surface area contributed by atoms with Crippen LogP contribution in [0.1, 0.15) is 22.3 Å². The highest BCUT2D eigenvalue weighted by atomic mass is 19.4. The van der Waals surface area contributed by atoms with Crippen LogP contribution >= 0.6 is 0 Å². The van der Waals surface area contributed by atoms with Gasteiger partial charge in [-0.05, 0) is 23.8 Å². The molecule has 0 spiro atoms. The summed E-state index contributed by atoms with van der Waals surface area (Å²) in [5.74, 6) is -3.13. The summed E-state index contributed by atoms with van der Waals surface area (Å²) >= 11 is 0. The lowest BCUT2D eigenvalue weighted by molar-refractivity contribution is -0.133. The summed E-state index contributed by atoms with van der Waals surface area (Å²) in [4.78, 5) is 21.9. The van der Waals surface area contributed by atoms with Gasteiger partial charge in [0.15, 0.2) is 0 Å².